The summed E-state index contributed by atoms with van der Waals surface area (Å²) in [4.78, 5) is 11.2. The first-order valence-electron chi connectivity index (χ1n) is 8.36. The second kappa shape index (κ2) is 9.23. The zero-order valence-electron chi connectivity index (χ0n) is 14.7. The third kappa shape index (κ3) is 5.01. The highest BCUT2D eigenvalue weighted by molar-refractivity contribution is 6.33. The van der Waals surface area contributed by atoms with E-state index in [4.69, 9.17) is 43.1 Å². The normalized spacial score (nSPS) is 12.3. The van der Waals surface area contributed by atoms with Crippen LogP contribution in [0.5, 0.6) is 11.6 Å². The average Bonchev–Trinajstić information content (AvgIpc) is 3.04. The fraction of sp³-hybridized carbons (Fsp3) is 0.333. The van der Waals surface area contributed by atoms with Gasteiger partial charge in [-0.05, 0) is 23.2 Å². The summed E-state index contributed by atoms with van der Waals surface area (Å²) in [5.74, 6) is 0.399. The Hall–Kier alpha value is -2.06. The molecule has 9 heteroatoms. The summed E-state index contributed by atoms with van der Waals surface area (Å²) in [6.45, 7) is 0.895. The van der Waals surface area contributed by atoms with Crippen molar-refractivity contribution in [1.29, 1.82) is 0 Å². The number of rotatable bonds is 9. The van der Waals surface area contributed by atoms with Crippen LogP contribution in [0.1, 0.15) is 5.56 Å². The lowest BCUT2D eigenvalue weighted by atomic mass is 10.1. The lowest BCUT2D eigenvalue weighted by molar-refractivity contribution is 0.150. The summed E-state index contributed by atoms with van der Waals surface area (Å²) in [5, 5.41) is 1.21. The summed E-state index contributed by atoms with van der Waals surface area (Å²) in [6, 6.07) is 7.76. The van der Waals surface area contributed by atoms with Crippen LogP contribution in [0.25, 0.3) is 10.9 Å². The number of benzene rings is 1. The number of nitrogens with zero attached hydrogens (tertiary/aromatic N) is 2. The number of methoxy groups -OCH3 is 1. The van der Waals surface area contributed by atoms with E-state index >= 15 is 0 Å². The molecule has 0 fully saturated rings. The first-order valence-corrected chi connectivity index (χ1v) is 9.12. The molecule has 144 valence electrons. The molecule has 27 heavy (non-hydrogen) atoms. The maximum atomic E-state index is 6.13. The highest BCUT2D eigenvalue weighted by Gasteiger charge is 2.17. The van der Waals surface area contributed by atoms with Gasteiger partial charge in [0.15, 0.2) is 5.15 Å². The molecule has 1 atom stereocenters. The first kappa shape index (κ1) is 19.7. The Kier molecular flexibility index (Phi) is 6.73. The number of aromatic nitrogens is 3. The van der Waals surface area contributed by atoms with Crippen LogP contribution < -0.4 is 15.2 Å². The van der Waals surface area contributed by atoms with Gasteiger partial charge in [-0.3, -0.25) is 0 Å². The van der Waals surface area contributed by atoms with Gasteiger partial charge in [-0.2, -0.15) is 4.98 Å². The summed E-state index contributed by atoms with van der Waals surface area (Å²) in [5.41, 5.74) is 8.10. The third-order valence-corrected chi connectivity index (χ3v) is 4.30. The van der Waals surface area contributed by atoms with E-state index in [-0.39, 0.29) is 34.7 Å². The summed E-state index contributed by atoms with van der Waals surface area (Å²) >= 11 is 12.0. The largest absolute Gasteiger partial charge is 0.484 e. The molecule has 0 aliphatic rings. The average molecular weight is 411 g/mol. The van der Waals surface area contributed by atoms with Crippen molar-refractivity contribution in [1.82, 2.24) is 15.0 Å². The quantitative estimate of drug-likeness (QED) is 0.415. The Bertz CT molecular complexity index is 903. The summed E-state index contributed by atoms with van der Waals surface area (Å²) in [7, 11) is 1.57. The lowest BCUT2D eigenvalue weighted by Crippen LogP contribution is -2.32. The monoisotopic (exact) mass is 410 g/mol. The van der Waals surface area contributed by atoms with Crippen molar-refractivity contribution in [3.63, 3.8) is 0 Å². The van der Waals surface area contributed by atoms with Crippen molar-refractivity contribution < 1.29 is 14.2 Å². The molecule has 0 saturated heterocycles. The van der Waals surface area contributed by atoms with Crippen molar-refractivity contribution in [3.05, 3.63) is 46.5 Å². The molecule has 1 aromatic carbocycles. The minimum atomic E-state index is -0.319. The number of para-hydroxylation sites is 1. The van der Waals surface area contributed by atoms with Gasteiger partial charge in [0.1, 0.15) is 6.61 Å². The number of halogens is 2. The first-order chi connectivity index (χ1) is 13.1. The number of fused-ring (bicyclic) bond motifs is 1. The predicted octanol–water partition coefficient (Wildman–Crippen LogP) is 3.24. The maximum absolute atomic E-state index is 6.13. The maximum Gasteiger partial charge on any atom is 0.263 e. The molecular weight excluding hydrogens is 391 g/mol. The molecule has 3 aromatic rings. The Labute approximate surface area is 166 Å². The van der Waals surface area contributed by atoms with Crippen molar-refractivity contribution in [3.8, 4) is 11.6 Å². The van der Waals surface area contributed by atoms with Crippen LogP contribution in [0.2, 0.25) is 10.4 Å². The molecule has 7 nitrogen and oxygen atoms in total. The van der Waals surface area contributed by atoms with Gasteiger partial charge < -0.3 is 24.9 Å². The molecular formula is C18H20Cl2N4O3. The van der Waals surface area contributed by atoms with E-state index in [0.717, 1.165) is 16.5 Å². The van der Waals surface area contributed by atoms with Crippen LogP contribution in [-0.2, 0) is 11.2 Å². The molecule has 3 N–H and O–H groups in total. The summed E-state index contributed by atoms with van der Waals surface area (Å²) < 4.78 is 16.4. The molecule has 0 saturated carbocycles. The molecule has 1 unspecified atom stereocenters. The zero-order chi connectivity index (χ0) is 19.2. The van der Waals surface area contributed by atoms with E-state index in [9.17, 15) is 0 Å². The standard InChI is InChI=1S/C18H20Cl2N4O3/c1-25-9-12(21)10-27-15-16(19)23-18(20)24-17(15)26-7-6-11-8-22-14-5-3-2-4-13(11)14/h2-5,8,12,22H,6-7,9-10,21H2,1H3. The number of hydrogen-bond donors (Lipinski definition) is 2. The van der Waals surface area contributed by atoms with Gasteiger partial charge in [0, 0.05) is 30.6 Å². The van der Waals surface area contributed by atoms with E-state index in [2.05, 4.69) is 21.0 Å². The molecule has 0 bridgehead atoms. The van der Waals surface area contributed by atoms with E-state index in [1.54, 1.807) is 7.11 Å². The summed E-state index contributed by atoms with van der Waals surface area (Å²) in [6.07, 6.45) is 2.64. The Morgan fingerprint density at radius 3 is 2.78 bits per heavy atom. The molecule has 0 aliphatic carbocycles. The molecule has 2 aromatic heterocycles. The topological polar surface area (TPSA) is 95.3 Å². The number of nitrogens with one attached hydrogen (secondary N) is 1. The van der Waals surface area contributed by atoms with Crippen LogP contribution in [0.4, 0.5) is 0 Å². The predicted molar refractivity (Wildman–Crippen MR) is 105 cm³/mol. The Morgan fingerprint density at radius 1 is 1.15 bits per heavy atom. The molecule has 0 radical (unpaired) electrons. The van der Waals surface area contributed by atoms with Gasteiger partial charge in [0.05, 0.1) is 19.3 Å². The number of aromatic amines is 1. The van der Waals surface area contributed by atoms with Crippen molar-refractivity contribution in [2.45, 2.75) is 12.5 Å². The van der Waals surface area contributed by atoms with Crippen molar-refractivity contribution in [2.24, 2.45) is 5.73 Å². The number of hydrogen-bond acceptors (Lipinski definition) is 6. The Balaban J connectivity index is 1.68. The van der Waals surface area contributed by atoms with Gasteiger partial charge >= 0.3 is 0 Å². The number of nitrogens with two attached hydrogens (primary N) is 1. The fourth-order valence-electron chi connectivity index (χ4n) is 2.65. The second-order valence-corrected chi connectivity index (χ2v) is 6.60. The lowest BCUT2D eigenvalue weighted by Gasteiger charge is -2.15. The van der Waals surface area contributed by atoms with Gasteiger partial charge in [0.2, 0.25) is 11.0 Å². The molecule has 2 heterocycles. The number of ether oxygens (including phenoxy) is 3. The molecule has 3 rings (SSSR count). The second-order valence-electron chi connectivity index (χ2n) is 5.90. The van der Waals surface area contributed by atoms with Crippen LogP contribution in [-0.4, -0.2) is 47.9 Å². The highest BCUT2D eigenvalue weighted by atomic mass is 35.5. The van der Waals surface area contributed by atoms with E-state index in [1.807, 2.05) is 24.4 Å². The van der Waals surface area contributed by atoms with Gasteiger partial charge in [-0.1, -0.05) is 29.8 Å². The van der Waals surface area contributed by atoms with Crippen LogP contribution in [0.3, 0.4) is 0 Å². The van der Waals surface area contributed by atoms with Crippen LogP contribution in [0, 0.1) is 0 Å². The van der Waals surface area contributed by atoms with E-state index in [0.29, 0.717) is 19.6 Å². The van der Waals surface area contributed by atoms with Gasteiger partial charge in [0.25, 0.3) is 5.88 Å². The smallest absolute Gasteiger partial charge is 0.263 e. The minimum absolute atomic E-state index is 0.0179. The third-order valence-electron chi connectivity index (χ3n) is 3.87. The molecule has 0 amide bonds. The van der Waals surface area contributed by atoms with E-state index in [1.165, 1.54) is 0 Å². The minimum Gasteiger partial charge on any atom is -0.484 e. The number of H-pyrrole nitrogens is 1. The molecule has 0 spiro atoms. The van der Waals surface area contributed by atoms with E-state index < -0.39 is 0 Å². The van der Waals surface area contributed by atoms with Gasteiger partial charge in [-0.15, -0.1) is 0 Å². The van der Waals surface area contributed by atoms with Crippen molar-refractivity contribution >= 4 is 34.1 Å². The van der Waals surface area contributed by atoms with Gasteiger partial charge in [-0.25, -0.2) is 4.98 Å². The van der Waals surface area contributed by atoms with Crippen LogP contribution >= 0.6 is 23.2 Å². The van der Waals surface area contributed by atoms with Crippen molar-refractivity contribution in [2.75, 3.05) is 26.9 Å². The fourth-order valence-corrected chi connectivity index (χ4v) is 3.07. The molecule has 0 aliphatic heterocycles. The highest BCUT2D eigenvalue weighted by Crippen LogP contribution is 2.33. The SMILES string of the molecule is COCC(N)COc1c(Cl)nc(Cl)nc1OCCc1c[nH]c2ccccc12. The zero-order valence-corrected chi connectivity index (χ0v) is 16.3. The Morgan fingerprint density at radius 2 is 1.96 bits per heavy atom. The van der Waals surface area contributed by atoms with Crippen LogP contribution in [0.15, 0.2) is 30.5 Å².